The van der Waals surface area contributed by atoms with Gasteiger partial charge in [0.05, 0.1) is 0 Å². The lowest BCUT2D eigenvalue weighted by atomic mass is 9.97. The van der Waals surface area contributed by atoms with E-state index in [1.54, 1.807) is 0 Å². The molecule has 1 radical (unpaired) electrons. The van der Waals surface area contributed by atoms with E-state index in [0.29, 0.717) is 0 Å². The quantitative estimate of drug-likeness (QED) is 0.747. The Hall–Kier alpha value is -0.530. The summed E-state index contributed by atoms with van der Waals surface area (Å²) >= 11 is 5.91. The summed E-state index contributed by atoms with van der Waals surface area (Å²) in [6.07, 6.45) is 0. The molecule has 0 amide bonds. The fourth-order valence-electron chi connectivity index (χ4n) is 1.16. The molecule has 0 aliphatic heterocycles. The molecule has 1 atom stereocenters. The van der Waals surface area contributed by atoms with Crippen LogP contribution in [-0.2, 0) is 0 Å². The van der Waals surface area contributed by atoms with E-state index in [0.717, 1.165) is 16.1 Å². The Labute approximate surface area is 78.0 Å². The molecule has 1 aromatic rings. The van der Waals surface area contributed by atoms with Crippen LogP contribution in [0.25, 0.3) is 0 Å². The average Bonchev–Trinajstić information content (AvgIpc) is 2.08. The van der Waals surface area contributed by atoms with Gasteiger partial charge < -0.3 is 5.11 Å². The molecule has 0 bridgehead atoms. The number of halogens is 1. The van der Waals surface area contributed by atoms with Crippen LogP contribution in [0.3, 0.4) is 0 Å². The lowest BCUT2D eigenvalue weighted by molar-refractivity contribution is 0.282. The molecule has 1 aromatic carbocycles. The van der Waals surface area contributed by atoms with E-state index >= 15 is 0 Å². The number of hydrogen-bond donors (Lipinski definition) is 1. The van der Waals surface area contributed by atoms with E-state index in [9.17, 15) is 0 Å². The second-order valence-corrected chi connectivity index (χ2v) is 3.24. The maximum Gasteiger partial charge on any atom is 0.0499 e. The Morgan fingerprint density at radius 3 is 2.83 bits per heavy atom. The average molecular weight is 184 g/mol. The highest BCUT2D eigenvalue weighted by atomic mass is 35.5. The standard InChI is InChI=1S/C10H12ClO/c1-7(6-12)9-4-3-5-10(11)8(9)2/h3-5,7,12H,1,6H2,2H3. The SMILES string of the molecule is [CH2]C(CO)c1cccc(Cl)c1C. The van der Waals surface area contributed by atoms with E-state index in [1.165, 1.54) is 0 Å². The van der Waals surface area contributed by atoms with Gasteiger partial charge in [0.15, 0.2) is 0 Å². The lowest BCUT2D eigenvalue weighted by Gasteiger charge is -2.12. The highest BCUT2D eigenvalue weighted by Gasteiger charge is 2.08. The summed E-state index contributed by atoms with van der Waals surface area (Å²) in [6, 6.07) is 5.65. The minimum atomic E-state index is -0.0799. The number of hydrogen-bond acceptors (Lipinski definition) is 1. The van der Waals surface area contributed by atoms with Crippen LogP contribution in [0.2, 0.25) is 5.02 Å². The molecule has 0 saturated heterocycles. The maximum absolute atomic E-state index is 8.90. The Bertz CT molecular complexity index is 271. The van der Waals surface area contributed by atoms with Crippen LogP contribution < -0.4 is 0 Å². The Morgan fingerprint density at radius 1 is 1.58 bits per heavy atom. The van der Waals surface area contributed by atoms with E-state index in [1.807, 2.05) is 25.1 Å². The van der Waals surface area contributed by atoms with Crippen molar-refractivity contribution < 1.29 is 5.11 Å². The van der Waals surface area contributed by atoms with Gasteiger partial charge in [0.25, 0.3) is 0 Å². The fourth-order valence-corrected chi connectivity index (χ4v) is 1.35. The predicted molar refractivity (Wildman–Crippen MR) is 51.4 cm³/mol. The summed E-state index contributed by atoms with van der Waals surface area (Å²) in [5.74, 6) is -0.0799. The van der Waals surface area contributed by atoms with E-state index in [2.05, 4.69) is 6.92 Å². The molecular weight excluding hydrogens is 172 g/mol. The first-order valence-electron chi connectivity index (χ1n) is 3.85. The van der Waals surface area contributed by atoms with Crippen molar-refractivity contribution in [1.29, 1.82) is 0 Å². The molecule has 65 valence electrons. The lowest BCUT2D eigenvalue weighted by Crippen LogP contribution is -2.01. The largest absolute Gasteiger partial charge is 0.396 e. The number of aliphatic hydroxyl groups excluding tert-OH is 1. The van der Waals surface area contributed by atoms with Gasteiger partial charge in [0.2, 0.25) is 0 Å². The van der Waals surface area contributed by atoms with Crippen molar-refractivity contribution in [2.75, 3.05) is 6.61 Å². The molecular formula is C10H12ClO. The van der Waals surface area contributed by atoms with Crippen molar-refractivity contribution in [2.24, 2.45) is 0 Å². The van der Waals surface area contributed by atoms with Crippen LogP contribution in [0.4, 0.5) is 0 Å². The van der Waals surface area contributed by atoms with Crippen molar-refractivity contribution in [2.45, 2.75) is 12.8 Å². The van der Waals surface area contributed by atoms with E-state index in [-0.39, 0.29) is 12.5 Å². The molecule has 0 saturated carbocycles. The summed E-state index contributed by atoms with van der Waals surface area (Å²) in [5.41, 5.74) is 2.03. The first-order chi connectivity index (χ1) is 5.66. The van der Waals surface area contributed by atoms with Crippen LogP contribution in [0.1, 0.15) is 17.0 Å². The molecule has 12 heavy (non-hydrogen) atoms. The van der Waals surface area contributed by atoms with Crippen molar-refractivity contribution in [3.05, 3.63) is 41.3 Å². The molecule has 0 spiro atoms. The molecule has 1 unspecified atom stereocenters. The molecule has 2 heteroatoms. The molecule has 0 heterocycles. The summed E-state index contributed by atoms with van der Waals surface area (Å²) in [5, 5.41) is 9.63. The number of rotatable bonds is 2. The second kappa shape index (κ2) is 3.92. The zero-order chi connectivity index (χ0) is 9.14. The van der Waals surface area contributed by atoms with Crippen LogP contribution in [0.5, 0.6) is 0 Å². The molecule has 0 fully saturated rings. The van der Waals surface area contributed by atoms with Crippen molar-refractivity contribution in [3.8, 4) is 0 Å². The summed E-state index contributed by atoms with van der Waals surface area (Å²) in [7, 11) is 0. The first-order valence-corrected chi connectivity index (χ1v) is 4.23. The van der Waals surface area contributed by atoms with Gasteiger partial charge in [-0.2, -0.15) is 0 Å². The Morgan fingerprint density at radius 2 is 2.25 bits per heavy atom. The topological polar surface area (TPSA) is 20.2 Å². The molecule has 0 aromatic heterocycles. The third-order valence-electron chi connectivity index (χ3n) is 1.97. The van der Waals surface area contributed by atoms with Crippen LogP contribution in [-0.4, -0.2) is 11.7 Å². The number of benzene rings is 1. The highest BCUT2D eigenvalue weighted by Crippen LogP contribution is 2.24. The minimum absolute atomic E-state index is 0.0567. The van der Waals surface area contributed by atoms with E-state index in [4.69, 9.17) is 16.7 Å². The van der Waals surface area contributed by atoms with Crippen LogP contribution in [0.15, 0.2) is 18.2 Å². The summed E-state index contributed by atoms with van der Waals surface area (Å²) in [6.45, 7) is 5.81. The normalized spacial score (nSPS) is 13.0. The molecule has 1 N–H and O–H groups in total. The maximum atomic E-state index is 8.90. The van der Waals surface area contributed by atoms with Gasteiger partial charge in [0.1, 0.15) is 0 Å². The second-order valence-electron chi connectivity index (χ2n) is 2.83. The van der Waals surface area contributed by atoms with Crippen LogP contribution in [0, 0.1) is 13.8 Å². The highest BCUT2D eigenvalue weighted by molar-refractivity contribution is 6.31. The first kappa shape index (κ1) is 9.56. The smallest absolute Gasteiger partial charge is 0.0499 e. The van der Waals surface area contributed by atoms with Gasteiger partial charge in [-0.05, 0) is 31.0 Å². The minimum Gasteiger partial charge on any atom is -0.396 e. The summed E-state index contributed by atoms with van der Waals surface area (Å²) in [4.78, 5) is 0. The fraction of sp³-hybridized carbons (Fsp3) is 0.300. The van der Waals surface area contributed by atoms with Crippen molar-refractivity contribution in [3.63, 3.8) is 0 Å². The third-order valence-corrected chi connectivity index (χ3v) is 2.38. The van der Waals surface area contributed by atoms with Crippen molar-refractivity contribution in [1.82, 2.24) is 0 Å². The van der Waals surface area contributed by atoms with Crippen LogP contribution >= 0.6 is 11.6 Å². The third kappa shape index (κ3) is 1.79. The van der Waals surface area contributed by atoms with Gasteiger partial charge in [-0.25, -0.2) is 0 Å². The van der Waals surface area contributed by atoms with Gasteiger partial charge in [-0.3, -0.25) is 0 Å². The monoisotopic (exact) mass is 183 g/mol. The van der Waals surface area contributed by atoms with Crippen molar-refractivity contribution >= 4 is 11.6 Å². The molecule has 1 rings (SSSR count). The zero-order valence-electron chi connectivity index (χ0n) is 7.05. The molecule has 0 aliphatic carbocycles. The Balaban J connectivity index is 3.07. The molecule has 0 aliphatic rings. The van der Waals surface area contributed by atoms with E-state index < -0.39 is 0 Å². The van der Waals surface area contributed by atoms with Gasteiger partial charge >= 0.3 is 0 Å². The van der Waals surface area contributed by atoms with Gasteiger partial charge in [-0.15, -0.1) is 0 Å². The number of aliphatic hydroxyl groups is 1. The Kier molecular flexibility index (Phi) is 3.12. The molecule has 1 nitrogen and oxygen atoms in total. The summed E-state index contributed by atoms with van der Waals surface area (Å²) < 4.78 is 0. The van der Waals surface area contributed by atoms with Gasteiger partial charge in [-0.1, -0.05) is 23.7 Å². The zero-order valence-corrected chi connectivity index (χ0v) is 7.80. The van der Waals surface area contributed by atoms with Gasteiger partial charge in [0, 0.05) is 17.5 Å². The predicted octanol–water partition coefficient (Wildman–Crippen LogP) is 2.56.